The van der Waals surface area contributed by atoms with Crippen molar-refractivity contribution in [2.75, 3.05) is 20.0 Å². The molecule has 0 saturated carbocycles. The van der Waals surface area contributed by atoms with E-state index >= 15 is 0 Å². The predicted octanol–water partition coefficient (Wildman–Crippen LogP) is 3.14. The number of alkyl carbamates (subject to hydrolysis) is 1. The third-order valence-electron chi connectivity index (χ3n) is 5.11. The Kier molecular flexibility index (Phi) is 6.05. The third-order valence-corrected chi connectivity index (χ3v) is 5.71. The van der Waals surface area contributed by atoms with Crippen LogP contribution < -0.4 is 5.32 Å². The fraction of sp³-hybridized carbons (Fsp3) is 0.381. The molecular formula is C21H25NO5S. The first kappa shape index (κ1) is 20.4. The maximum Gasteiger partial charge on any atom is 0.407 e. The quantitative estimate of drug-likeness (QED) is 0.592. The van der Waals surface area contributed by atoms with Crippen molar-refractivity contribution < 1.29 is 22.1 Å². The normalized spacial score (nSPS) is 15.1. The van der Waals surface area contributed by atoms with Crippen molar-refractivity contribution >= 4 is 16.2 Å². The summed E-state index contributed by atoms with van der Waals surface area (Å²) in [6.07, 6.45) is 3.14. The lowest BCUT2D eigenvalue weighted by Crippen LogP contribution is -2.47. The Hall–Kier alpha value is -2.38. The first-order chi connectivity index (χ1) is 13.4. The molecule has 0 bridgehead atoms. The molecule has 0 aromatic heterocycles. The second-order valence-electron chi connectivity index (χ2n) is 6.97. The summed E-state index contributed by atoms with van der Waals surface area (Å²) in [7, 11) is -2.18. The van der Waals surface area contributed by atoms with Crippen molar-refractivity contribution in [3.05, 3.63) is 70.8 Å². The molecule has 7 heteroatoms. The summed E-state index contributed by atoms with van der Waals surface area (Å²) in [5.41, 5.74) is 3.49. The van der Waals surface area contributed by atoms with Crippen molar-refractivity contribution in [2.24, 2.45) is 0 Å². The number of fused-ring (bicyclic) bond motifs is 2. The van der Waals surface area contributed by atoms with E-state index in [1.54, 1.807) is 0 Å². The van der Waals surface area contributed by atoms with Crippen LogP contribution in [0.2, 0.25) is 0 Å². The zero-order chi connectivity index (χ0) is 20.2. The molecule has 6 nitrogen and oxygen atoms in total. The SMILES string of the molecule is COC(=O)NC1(CCCOS(C)(=O)=O)c2ccccc2CCc2ccccc21. The van der Waals surface area contributed by atoms with Crippen molar-refractivity contribution in [3.63, 3.8) is 0 Å². The number of carbonyl (C=O) groups excluding carboxylic acids is 1. The summed E-state index contributed by atoms with van der Waals surface area (Å²) < 4.78 is 32.5. The number of nitrogens with one attached hydrogen (secondary N) is 1. The van der Waals surface area contributed by atoms with Crippen LogP contribution in [0.1, 0.15) is 35.1 Å². The number of carbonyl (C=O) groups is 1. The Bertz CT molecular complexity index is 907. The summed E-state index contributed by atoms with van der Waals surface area (Å²) in [4.78, 5) is 12.3. The summed E-state index contributed by atoms with van der Waals surface area (Å²) in [6.45, 7) is 0.0494. The topological polar surface area (TPSA) is 81.7 Å². The van der Waals surface area contributed by atoms with Gasteiger partial charge in [0.15, 0.2) is 0 Å². The number of hydrogen-bond acceptors (Lipinski definition) is 5. The van der Waals surface area contributed by atoms with E-state index < -0.39 is 21.8 Å². The number of rotatable bonds is 6. The second kappa shape index (κ2) is 8.32. The highest BCUT2D eigenvalue weighted by Gasteiger charge is 2.40. The van der Waals surface area contributed by atoms with E-state index in [9.17, 15) is 13.2 Å². The van der Waals surface area contributed by atoms with E-state index in [4.69, 9.17) is 8.92 Å². The minimum absolute atomic E-state index is 0.0494. The Labute approximate surface area is 166 Å². The first-order valence-corrected chi connectivity index (χ1v) is 11.0. The smallest absolute Gasteiger partial charge is 0.407 e. The second-order valence-corrected chi connectivity index (χ2v) is 8.61. The number of ether oxygens (including phenoxy) is 1. The number of benzene rings is 2. The number of amides is 1. The Balaban J connectivity index is 2.09. The van der Waals surface area contributed by atoms with Crippen LogP contribution in [0.4, 0.5) is 4.79 Å². The lowest BCUT2D eigenvalue weighted by Gasteiger charge is -2.37. The molecule has 1 aliphatic rings. The number of methoxy groups -OCH3 is 1. The van der Waals surface area contributed by atoms with Crippen molar-refractivity contribution in [2.45, 2.75) is 31.2 Å². The molecular weight excluding hydrogens is 378 g/mol. The molecule has 1 amide bonds. The van der Waals surface area contributed by atoms with Gasteiger partial charge in [-0.2, -0.15) is 8.42 Å². The van der Waals surface area contributed by atoms with Crippen LogP contribution >= 0.6 is 0 Å². The van der Waals surface area contributed by atoms with Gasteiger partial charge >= 0.3 is 6.09 Å². The molecule has 150 valence electrons. The molecule has 0 heterocycles. The minimum atomic E-state index is -3.51. The summed E-state index contributed by atoms with van der Waals surface area (Å²) >= 11 is 0. The van der Waals surface area contributed by atoms with Crippen LogP contribution in [0, 0.1) is 0 Å². The molecule has 1 aliphatic carbocycles. The van der Waals surface area contributed by atoms with E-state index in [1.165, 1.54) is 7.11 Å². The van der Waals surface area contributed by atoms with Gasteiger partial charge in [-0.05, 0) is 47.9 Å². The van der Waals surface area contributed by atoms with E-state index in [-0.39, 0.29) is 6.61 Å². The van der Waals surface area contributed by atoms with Gasteiger partial charge in [-0.3, -0.25) is 4.18 Å². The van der Waals surface area contributed by atoms with Gasteiger partial charge in [0.25, 0.3) is 10.1 Å². The average molecular weight is 404 g/mol. The largest absolute Gasteiger partial charge is 0.453 e. The number of aryl methyl sites for hydroxylation is 2. The summed E-state index contributed by atoms with van der Waals surface area (Å²) in [5, 5.41) is 3.07. The predicted molar refractivity (Wildman–Crippen MR) is 107 cm³/mol. The van der Waals surface area contributed by atoms with Crippen LogP contribution in [-0.4, -0.2) is 34.5 Å². The zero-order valence-electron chi connectivity index (χ0n) is 16.1. The zero-order valence-corrected chi connectivity index (χ0v) is 16.9. The van der Waals surface area contributed by atoms with Gasteiger partial charge in [0.2, 0.25) is 0 Å². The van der Waals surface area contributed by atoms with Gasteiger partial charge in [-0.15, -0.1) is 0 Å². The fourth-order valence-electron chi connectivity index (χ4n) is 3.96. The highest BCUT2D eigenvalue weighted by molar-refractivity contribution is 7.85. The molecule has 0 unspecified atom stereocenters. The van der Waals surface area contributed by atoms with E-state index in [0.29, 0.717) is 12.8 Å². The van der Waals surface area contributed by atoms with Crippen LogP contribution in [0.3, 0.4) is 0 Å². The van der Waals surface area contributed by atoms with Crippen LogP contribution in [0.15, 0.2) is 48.5 Å². The van der Waals surface area contributed by atoms with Gasteiger partial charge in [0.05, 0.1) is 25.5 Å². The standard InChI is InChI=1S/C21H25NO5S/c1-26-20(23)22-21(14-7-15-27-28(2,24)25)18-10-5-3-8-16(18)12-13-17-9-4-6-11-19(17)21/h3-6,8-11H,7,12-15H2,1-2H3,(H,22,23). The van der Waals surface area contributed by atoms with Crippen molar-refractivity contribution in [1.82, 2.24) is 5.32 Å². The molecule has 28 heavy (non-hydrogen) atoms. The molecule has 0 atom stereocenters. The molecule has 0 radical (unpaired) electrons. The van der Waals surface area contributed by atoms with Gasteiger partial charge in [-0.25, -0.2) is 4.79 Å². The van der Waals surface area contributed by atoms with Crippen LogP contribution in [0.5, 0.6) is 0 Å². The van der Waals surface area contributed by atoms with Crippen molar-refractivity contribution in [1.29, 1.82) is 0 Å². The van der Waals surface area contributed by atoms with E-state index in [2.05, 4.69) is 17.4 Å². The molecule has 0 aliphatic heterocycles. The monoisotopic (exact) mass is 403 g/mol. The third kappa shape index (κ3) is 4.36. The van der Waals surface area contributed by atoms with Crippen LogP contribution in [-0.2, 0) is 37.4 Å². The maximum atomic E-state index is 12.3. The lowest BCUT2D eigenvalue weighted by molar-refractivity contribution is 0.156. The lowest BCUT2D eigenvalue weighted by atomic mass is 9.77. The number of hydrogen-bond donors (Lipinski definition) is 1. The highest BCUT2D eigenvalue weighted by Crippen LogP contribution is 2.41. The van der Waals surface area contributed by atoms with E-state index in [1.807, 2.05) is 36.4 Å². The first-order valence-electron chi connectivity index (χ1n) is 9.23. The molecule has 2 aromatic carbocycles. The molecule has 0 saturated heterocycles. The Morgan fingerprint density at radius 3 is 2.07 bits per heavy atom. The summed E-state index contributed by atoms with van der Waals surface area (Å²) in [6, 6.07) is 16.1. The average Bonchev–Trinajstić information content (AvgIpc) is 2.81. The fourth-order valence-corrected chi connectivity index (χ4v) is 4.38. The Morgan fingerprint density at radius 2 is 1.57 bits per heavy atom. The van der Waals surface area contributed by atoms with Gasteiger partial charge in [0.1, 0.15) is 0 Å². The molecule has 3 rings (SSSR count). The summed E-state index contributed by atoms with van der Waals surface area (Å²) in [5.74, 6) is 0. The van der Waals surface area contributed by atoms with Crippen LogP contribution in [0.25, 0.3) is 0 Å². The van der Waals surface area contributed by atoms with Crippen molar-refractivity contribution in [3.8, 4) is 0 Å². The highest BCUT2D eigenvalue weighted by atomic mass is 32.2. The molecule has 1 N–H and O–H groups in total. The van der Waals surface area contributed by atoms with Gasteiger partial charge in [-0.1, -0.05) is 48.5 Å². The molecule has 0 spiro atoms. The maximum absolute atomic E-state index is 12.3. The Morgan fingerprint density at radius 1 is 1.04 bits per heavy atom. The molecule has 0 fully saturated rings. The van der Waals surface area contributed by atoms with Gasteiger partial charge < -0.3 is 10.1 Å². The van der Waals surface area contributed by atoms with E-state index in [0.717, 1.165) is 41.4 Å². The molecule has 2 aromatic rings. The minimum Gasteiger partial charge on any atom is -0.453 e. The van der Waals surface area contributed by atoms with Gasteiger partial charge in [0, 0.05) is 0 Å².